The van der Waals surface area contributed by atoms with Crippen molar-refractivity contribution in [1.29, 1.82) is 0 Å². The van der Waals surface area contributed by atoms with Crippen LogP contribution in [0.5, 0.6) is 0 Å². The van der Waals surface area contributed by atoms with Crippen LogP contribution in [0.4, 0.5) is 17.1 Å². The van der Waals surface area contributed by atoms with E-state index < -0.39 is 0 Å². The Kier molecular flexibility index (Phi) is 6.41. The molecule has 0 amide bonds. The topological polar surface area (TPSA) is 3.24 Å². The highest BCUT2D eigenvalue weighted by atomic mass is 32.1. The summed E-state index contributed by atoms with van der Waals surface area (Å²) in [4.78, 5) is 2.40. The molecule has 47 heavy (non-hydrogen) atoms. The minimum atomic E-state index is -0.0942. The smallest absolute Gasteiger partial charge is 0.0468 e. The first kappa shape index (κ1) is 27.8. The predicted octanol–water partition coefficient (Wildman–Crippen LogP) is 13.2. The second kappa shape index (κ2) is 10.8. The Balaban J connectivity index is 1.19. The van der Waals surface area contributed by atoms with E-state index >= 15 is 0 Å². The maximum atomic E-state index is 2.41. The number of anilines is 3. The van der Waals surface area contributed by atoms with Gasteiger partial charge < -0.3 is 4.90 Å². The Morgan fingerprint density at radius 3 is 1.60 bits per heavy atom. The van der Waals surface area contributed by atoms with Gasteiger partial charge in [0.2, 0.25) is 0 Å². The fourth-order valence-corrected chi connectivity index (χ4v) is 8.93. The lowest BCUT2D eigenvalue weighted by atomic mass is 9.82. The Bertz CT molecular complexity index is 2320. The number of hydrogen-bond donors (Lipinski definition) is 0. The molecule has 0 unspecified atom stereocenters. The third-order valence-corrected chi connectivity index (χ3v) is 11.1. The lowest BCUT2D eigenvalue weighted by molar-refractivity contribution is 0.667. The maximum absolute atomic E-state index is 2.41. The quantitative estimate of drug-likeness (QED) is 0.185. The van der Waals surface area contributed by atoms with E-state index in [0.29, 0.717) is 0 Å². The van der Waals surface area contributed by atoms with Gasteiger partial charge in [-0.2, -0.15) is 0 Å². The van der Waals surface area contributed by atoms with Crippen LogP contribution in [0.25, 0.3) is 53.6 Å². The molecule has 9 rings (SSSR count). The number of thiophene rings is 1. The molecule has 1 nitrogen and oxygen atoms in total. The van der Waals surface area contributed by atoms with Gasteiger partial charge in [0.15, 0.2) is 0 Å². The molecule has 0 bridgehead atoms. The Hall–Kier alpha value is -5.44. The summed E-state index contributed by atoms with van der Waals surface area (Å²) in [6.07, 6.45) is 0. The maximum Gasteiger partial charge on any atom is 0.0468 e. The molecule has 0 fully saturated rings. The van der Waals surface area contributed by atoms with Crippen LogP contribution in [0.15, 0.2) is 164 Å². The molecule has 7 aromatic carbocycles. The van der Waals surface area contributed by atoms with E-state index in [1.54, 1.807) is 0 Å². The van der Waals surface area contributed by atoms with Gasteiger partial charge in [-0.15, -0.1) is 11.3 Å². The van der Waals surface area contributed by atoms with Gasteiger partial charge in [-0.25, -0.2) is 0 Å². The summed E-state index contributed by atoms with van der Waals surface area (Å²) >= 11 is 1.93. The number of fused-ring (bicyclic) bond motifs is 7. The van der Waals surface area contributed by atoms with Gasteiger partial charge in [0.25, 0.3) is 0 Å². The molecule has 0 N–H and O–H groups in total. The van der Waals surface area contributed by atoms with Crippen LogP contribution in [0.3, 0.4) is 0 Å². The molecule has 1 aliphatic carbocycles. The Morgan fingerprint density at radius 1 is 0.447 bits per heavy atom. The van der Waals surface area contributed by atoms with E-state index in [1.165, 1.54) is 64.7 Å². The van der Waals surface area contributed by atoms with Crippen molar-refractivity contribution in [2.75, 3.05) is 4.90 Å². The molecule has 224 valence electrons. The summed E-state index contributed by atoms with van der Waals surface area (Å²) in [5.74, 6) is 0. The average molecular weight is 620 g/mol. The van der Waals surface area contributed by atoms with E-state index in [4.69, 9.17) is 0 Å². The van der Waals surface area contributed by atoms with Crippen LogP contribution >= 0.6 is 11.3 Å². The minimum Gasteiger partial charge on any atom is -0.310 e. The molecular formula is C45H33NS. The number of nitrogens with zero attached hydrogens (tertiary/aromatic N) is 1. The zero-order valence-electron chi connectivity index (χ0n) is 26.4. The first-order chi connectivity index (χ1) is 23.1. The Labute approximate surface area is 280 Å². The largest absolute Gasteiger partial charge is 0.310 e. The van der Waals surface area contributed by atoms with Gasteiger partial charge in [0.1, 0.15) is 0 Å². The van der Waals surface area contributed by atoms with E-state index in [0.717, 1.165) is 17.1 Å². The van der Waals surface area contributed by atoms with Crippen LogP contribution in [0, 0.1) is 0 Å². The van der Waals surface area contributed by atoms with Crippen molar-refractivity contribution in [1.82, 2.24) is 0 Å². The number of benzene rings is 7. The van der Waals surface area contributed by atoms with Crippen molar-refractivity contribution in [2.45, 2.75) is 19.3 Å². The minimum absolute atomic E-state index is 0.0942. The monoisotopic (exact) mass is 619 g/mol. The Morgan fingerprint density at radius 2 is 0.979 bits per heavy atom. The van der Waals surface area contributed by atoms with Gasteiger partial charge in [-0.3, -0.25) is 0 Å². The fraction of sp³-hybridized carbons (Fsp3) is 0.0667. The van der Waals surface area contributed by atoms with E-state index in [-0.39, 0.29) is 5.41 Å². The second-order valence-electron chi connectivity index (χ2n) is 13.0. The first-order valence-electron chi connectivity index (χ1n) is 16.3. The summed E-state index contributed by atoms with van der Waals surface area (Å²) in [7, 11) is 0. The third kappa shape index (κ3) is 4.52. The lowest BCUT2D eigenvalue weighted by Crippen LogP contribution is -2.15. The highest BCUT2D eigenvalue weighted by Gasteiger charge is 2.38. The summed E-state index contributed by atoms with van der Waals surface area (Å²) in [6.45, 7) is 4.78. The SMILES string of the molecule is CC1(C)c2ccc(N(c3ccc(-c4ccccc4)cc3)c3ccc(-c4ccccc4)cc3)cc2-c2ccc3c(sc4ccccc43)c21. The molecule has 0 radical (unpaired) electrons. The lowest BCUT2D eigenvalue weighted by Gasteiger charge is -2.27. The van der Waals surface area contributed by atoms with Gasteiger partial charge >= 0.3 is 0 Å². The van der Waals surface area contributed by atoms with Crippen molar-refractivity contribution < 1.29 is 0 Å². The normalized spacial score (nSPS) is 13.1. The molecule has 8 aromatic rings. The summed E-state index contributed by atoms with van der Waals surface area (Å²) in [5, 5.41) is 2.72. The number of hydrogen-bond acceptors (Lipinski definition) is 2. The first-order valence-corrected chi connectivity index (χ1v) is 17.1. The molecule has 0 saturated carbocycles. The summed E-state index contributed by atoms with van der Waals surface area (Å²) in [6, 6.07) is 59.8. The molecule has 1 aromatic heterocycles. The van der Waals surface area contributed by atoms with Crippen molar-refractivity contribution in [3.05, 3.63) is 175 Å². The van der Waals surface area contributed by atoms with Crippen LogP contribution in [0.1, 0.15) is 25.0 Å². The highest BCUT2D eigenvalue weighted by Crippen LogP contribution is 2.55. The number of rotatable bonds is 5. The van der Waals surface area contributed by atoms with Crippen molar-refractivity contribution in [3.8, 4) is 33.4 Å². The van der Waals surface area contributed by atoms with Crippen molar-refractivity contribution >= 4 is 48.6 Å². The summed E-state index contributed by atoms with van der Waals surface area (Å²) < 4.78 is 2.77. The molecule has 0 atom stereocenters. The molecule has 1 aliphatic rings. The van der Waals surface area contributed by atoms with Gasteiger partial charge in [-0.05, 0) is 87.0 Å². The van der Waals surface area contributed by atoms with Crippen LogP contribution in [0.2, 0.25) is 0 Å². The van der Waals surface area contributed by atoms with E-state index in [2.05, 4.69) is 183 Å². The molecule has 2 heteroatoms. The van der Waals surface area contributed by atoms with E-state index in [9.17, 15) is 0 Å². The summed E-state index contributed by atoms with van der Waals surface area (Å²) in [5.41, 5.74) is 13.7. The van der Waals surface area contributed by atoms with Crippen molar-refractivity contribution in [3.63, 3.8) is 0 Å². The molecule has 0 saturated heterocycles. The average Bonchev–Trinajstić information content (AvgIpc) is 3.61. The van der Waals surface area contributed by atoms with Crippen molar-refractivity contribution in [2.24, 2.45) is 0 Å². The van der Waals surface area contributed by atoms with E-state index in [1.807, 2.05) is 11.3 Å². The fourth-order valence-electron chi connectivity index (χ4n) is 7.52. The highest BCUT2D eigenvalue weighted by molar-refractivity contribution is 7.26. The van der Waals surface area contributed by atoms with Gasteiger partial charge in [0.05, 0.1) is 0 Å². The third-order valence-electron chi connectivity index (χ3n) is 9.86. The molecule has 0 spiro atoms. The van der Waals surface area contributed by atoms with Crippen LogP contribution in [-0.2, 0) is 5.41 Å². The van der Waals surface area contributed by atoms with Gasteiger partial charge in [0, 0.05) is 42.6 Å². The standard InChI is InChI=1S/C45H33NS/c1-45(2)41-28-25-36(29-40(41)38-26-27-39-37-15-9-10-16-42(37)47-44(39)43(38)45)46(34-21-17-32(18-22-34)30-11-5-3-6-12-30)35-23-19-33(20-24-35)31-13-7-4-8-14-31/h3-29H,1-2H3. The molecule has 1 heterocycles. The zero-order chi connectivity index (χ0) is 31.5. The zero-order valence-corrected chi connectivity index (χ0v) is 27.3. The second-order valence-corrected chi connectivity index (χ2v) is 14.0. The molecular weight excluding hydrogens is 587 g/mol. The van der Waals surface area contributed by atoms with Crippen LogP contribution in [-0.4, -0.2) is 0 Å². The van der Waals surface area contributed by atoms with Gasteiger partial charge in [-0.1, -0.05) is 135 Å². The molecule has 0 aliphatic heterocycles. The predicted molar refractivity (Wildman–Crippen MR) is 202 cm³/mol. The van der Waals surface area contributed by atoms with Crippen LogP contribution < -0.4 is 4.90 Å².